The van der Waals surface area contributed by atoms with Crippen LogP contribution in [0.4, 0.5) is 0 Å². The summed E-state index contributed by atoms with van der Waals surface area (Å²) in [6.07, 6.45) is 2.06. The van der Waals surface area contributed by atoms with Crippen LogP contribution in [0, 0.1) is 0 Å². The summed E-state index contributed by atoms with van der Waals surface area (Å²) >= 11 is 6.36. The highest BCUT2D eigenvalue weighted by Gasteiger charge is 2.19. The maximum Gasteiger partial charge on any atom is 0.329 e. The van der Waals surface area contributed by atoms with Crippen molar-refractivity contribution in [3.05, 3.63) is 61.5 Å². The lowest BCUT2D eigenvalue weighted by molar-refractivity contribution is 0.257. The first kappa shape index (κ1) is 20.4. The Morgan fingerprint density at radius 2 is 1.82 bits per heavy atom. The van der Waals surface area contributed by atoms with E-state index in [1.165, 1.54) is 4.57 Å². The molecule has 2 aromatic heterocycles. The van der Waals surface area contributed by atoms with Gasteiger partial charge < -0.3 is 4.57 Å². The number of aromatic nitrogens is 4. The molecule has 0 spiro atoms. The fraction of sp³-hybridized carbons (Fsp3) is 0.450. The van der Waals surface area contributed by atoms with Gasteiger partial charge in [-0.1, -0.05) is 43.6 Å². The molecule has 150 valence electrons. The van der Waals surface area contributed by atoms with Gasteiger partial charge in [-0.05, 0) is 37.6 Å². The Morgan fingerprint density at radius 1 is 1.14 bits per heavy atom. The third-order valence-electron chi connectivity index (χ3n) is 4.82. The quantitative estimate of drug-likeness (QED) is 0.627. The van der Waals surface area contributed by atoms with Gasteiger partial charge in [0.05, 0.1) is 13.1 Å². The number of halogens is 1. The second-order valence-corrected chi connectivity index (χ2v) is 7.38. The molecule has 0 aliphatic rings. The molecule has 0 amide bonds. The monoisotopic (exact) mass is 403 g/mol. The Kier molecular flexibility index (Phi) is 6.36. The number of aryl methyl sites for hydroxylation is 1. The molecule has 0 saturated carbocycles. The number of nitrogens with zero attached hydrogens (tertiary/aromatic N) is 4. The van der Waals surface area contributed by atoms with Crippen molar-refractivity contribution in [2.45, 2.75) is 39.8 Å². The number of rotatable bonds is 8. The van der Waals surface area contributed by atoms with E-state index in [0.29, 0.717) is 29.3 Å². The fourth-order valence-electron chi connectivity index (χ4n) is 3.47. The lowest BCUT2D eigenvalue weighted by Crippen LogP contribution is -2.29. The average molecular weight is 404 g/mol. The van der Waals surface area contributed by atoms with Crippen molar-refractivity contribution >= 4 is 22.8 Å². The van der Waals surface area contributed by atoms with Crippen molar-refractivity contribution < 1.29 is 0 Å². The Labute approximate surface area is 168 Å². The maximum atomic E-state index is 12.6. The highest BCUT2D eigenvalue weighted by atomic mass is 35.5. The molecule has 0 atom stereocenters. The van der Waals surface area contributed by atoms with Gasteiger partial charge in [-0.2, -0.15) is 0 Å². The van der Waals surface area contributed by atoms with Crippen LogP contribution in [0.2, 0.25) is 5.02 Å². The number of fused-ring (bicyclic) bond motifs is 1. The molecule has 0 aliphatic heterocycles. The molecule has 7 nitrogen and oxygen atoms in total. The zero-order valence-electron chi connectivity index (χ0n) is 16.5. The molecule has 0 bridgehead atoms. The van der Waals surface area contributed by atoms with E-state index in [0.717, 1.165) is 37.3 Å². The number of aromatic amines is 1. The van der Waals surface area contributed by atoms with E-state index in [9.17, 15) is 9.59 Å². The van der Waals surface area contributed by atoms with Gasteiger partial charge in [-0.15, -0.1) is 0 Å². The van der Waals surface area contributed by atoms with Gasteiger partial charge in [-0.3, -0.25) is 19.2 Å². The van der Waals surface area contributed by atoms with Crippen LogP contribution in [0.1, 0.15) is 38.1 Å². The molecule has 2 heterocycles. The molecule has 8 heteroatoms. The number of H-pyrrole nitrogens is 1. The topological polar surface area (TPSA) is 75.9 Å². The maximum absolute atomic E-state index is 12.6. The van der Waals surface area contributed by atoms with Crippen molar-refractivity contribution in [2.75, 3.05) is 13.1 Å². The largest absolute Gasteiger partial charge is 0.329 e. The predicted octanol–water partition coefficient (Wildman–Crippen LogP) is 2.75. The molecule has 0 saturated heterocycles. The van der Waals surface area contributed by atoms with Crippen LogP contribution in [-0.4, -0.2) is 37.1 Å². The van der Waals surface area contributed by atoms with Crippen LogP contribution in [-0.2, 0) is 20.1 Å². The molecular weight excluding hydrogens is 378 g/mol. The molecule has 0 fully saturated rings. The van der Waals surface area contributed by atoms with Crippen molar-refractivity contribution in [3.8, 4) is 0 Å². The Balaban J connectivity index is 2.17. The van der Waals surface area contributed by atoms with Crippen molar-refractivity contribution in [2.24, 2.45) is 7.05 Å². The first-order valence-corrected chi connectivity index (χ1v) is 9.98. The van der Waals surface area contributed by atoms with E-state index in [4.69, 9.17) is 11.6 Å². The summed E-state index contributed by atoms with van der Waals surface area (Å²) in [5.41, 5.74) is 0.788. The summed E-state index contributed by atoms with van der Waals surface area (Å²) in [6, 6.07) is 7.56. The van der Waals surface area contributed by atoms with Gasteiger partial charge in [0.2, 0.25) is 0 Å². The van der Waals surface area contributed by atoms with Crippen LogP contribution in [0.3, 0.4) is 0 Å². The normalized spacial score (nSPS) is 11.6. The third-order valence-corrected chi connectivity index (χ3v) is 5.19. The van der Waals surface area contributed by atoms with Crippen LogP contribution < -0.4 is 11.2 Å². The SMILES string of the molecule is CCCN(CCC)Cc1nc2c(c(=O)[nH]c(=O)n2C)n1Cc1ccccc1Cl. The lowest BCUT2D eigenvalue weighted by Gasteiger charge is -2.21. The van der Waals surface area contributed by atoms with E-state index < -0.39 is 11.2 Å². The van der Waals surface area contributed by atoms with Crippen molar-refractivity contribution in [3.63, 3.8) is 0 Å². The summed E-state index contributed by atoms with van der Waals surface area (Å²) in [5, 5.41) is 0.635. The molecule has 0 unspecified atom stereocenters. The van der Waals surface area contributed by atoms with Crippen molar-refractivity contribution in [1.82, 2.24) is 24.0 Å². The lowest BCUT2D eigenvalue weighted by atomic mass is 10.2. The van der Waals surface area contributed by atoms with Gasteiger partial charge in [0.25, 0.3) is 5.56 Å². The third kappa shape index (κ3) is 4.05. The summed E-state index contributed by atoms with van der Waals surface area (Å²) in [4.78, 5) is 34.0. The zero-order valence-corrected chi connectivity index (χ0v) is 17.3. The Bertz CT molecular complexity index is 1080. The van der Waals surface area contributed by atoms with Gasteiger partial charge in [0.1, 0.15) is 5.82 Å². The van der Waals surface area contributed by atoms with Gasteiger partial charge in [0, 0.05) is 12.1 Å². The highest BCUT2D eigenvalue weighted by molar-refractivity contribution is 6.31. The van der Waals surface area contributed by atoms with E-state index in [-0.39, 0.29) is 0 Å². The van der Waals surface area contributed by atoms with Crippen LogP contribution in [0.15, 0.2) is 33.9 Å². The van der Waals surface area contributed by atoms with Crippen LogP contribution >= 0.6 is 11.6 Å². The van der Waals surface area contributed by atoms with Gasteiger partial charge in [0.15, 0.2) is 11.2 Å². The van der Waals surface area contributed by atoms with Crippen LogP contribution in [0.5, 0.6) is 0 Å². The summed E-state index contributed by atoms with van der Waals surface area (Å²) in [7, 11) is 1.62. The molecule has 1 N–H and O–H groups in total. The molecular formula is C20H26ClN5O2. The first-order valence-electron chi connectivity index (χ1n) is 9.60. The average Bonchev–Trinajstić information content (AvgIpc) is 3.01. The van der Waals surface area contributed by atoms with E-state index in [1.807, 2.05) is 28.8 Å². The number of imidazole rings is 1. The second kappa shape index (κ2) is 8.75. The molecule has 28 heavy (non-hydrogen) atoms. The fourth-order valence-corrected chi connectivity index (χ4v) is 3.67. The zero-order chi connectivity index (χ0) is 20.3. The smallest absolute Gasteiger partial charge is 0.316 e. The van der Waals surface area contributed by atoms with Crippen LogP contribution in [0.25, 0.3) is 11.2 Å². The Hall–Kier alpha value is -2.38. The standard InChI is InChI=1S/C20H26ClN5O2/c1-4-10-25(11-5-2)13-16-22-18-17(19(27)23-20(28)24(18)3)26(16)12-14-8-6-7-9-15(14)21/h6-9H,4-5,10-13H2,1-3H3,(H,23,27,28). The first-order chi connectivity index (χ1) is 13.5. The minimum absolute atomic E-state index is 0.392. The Morgan fingerprint density at radius 3 is 2.46 bits per heavy atom. The highest BCUT2D eigenvalue weighted by Crippen LogP contribution is 2.20. The summed E-state index contributed by atoms with van der Waals surface area (Å²) in [5.74, 6) is 0.753. The minimum Gasteiger partial charge on any atom is -0.316 e. The van der Waals surface area contributed by atoms with E-state index >= 15 is 0 Å². The number of hydrogen-bond acceptors (Lipinski definition) is 4. The van der Waals surface area contributed by atoms with Gasteiger partial charge >= 0.3 is 5.69 Å². The second-order valence-electron chi connectivity index (χ2n) is 6.97. The van der Waals surface area contributed by atoms with Gasteiger partial charge in [-0.25, -0.2) is 9.78 Å². The molecule has 3 aromatic rings. The number of benzene rings is 1. The molecule has 0 radical (unpaired) electrons. The molecule has 3 rings (SSSR count). The minimum atomic E-state index is -0.467. The van der Waals surface area contributed by atoms with E-state index in [2.05, 4.69) is 28.7 Å². The molecule has 1 aromatic carbocycles. The predicted molar refractivity (Wildman–Crippen MR) is 112 cm³/mol. The summed E-state index contributed by atoms with van der Waals surface area (Å²) in [6.45, 7) is 7.19. The summed E-state index contributed by atoms with van der Waals surface area (Å²) < 4.78 is 3.26. The van der Waals surface area contributed by atoms with E-state index in [1.54, 1.807) is 7.05 Å². The van der Waals surface area contributed by atoms with Crippen molar-refractivity contribution in [1.29, 1.82) is 0 Å². The number of hydrogen-bond donors (Lipinski definition) is 1. The molecule has 0 aliphatic carbocycles. The number of nitrogens with one attached hydrogen (secondary N) is 1.